The highest BCUT2D eigenvalue weighted by Gasteiger charge is 2.22. The summed E-state index contributed by atoms with van der Waals surface area (Å²) in [6.07, 6.45) is 2.70. The van der Waals surface area contributed by atoms with Crippen LogP contribution in [0.5, 0.6) is 6.01 Å². The molecule has 0 spiro atoms. The summed E-state index contributed by atoms with van der Waals surface area (Å²) in [5.41, 5.74) is 1.14. The number of hydrogen-bond acceptors (Lipinski definition) is 6. The van der Waals surface area contributed by atoms with Crippen LogP contribution in [0.25, 0.3) is 0 Å². The number of aromatic nitrogens is 4. The van der Waals surface area contributed by atoms with Crippen LogP contribution >= 0.6 is 0 Å². The van der Waals surface area contributed by atoms with Crippen molar-refractivity contribution in [2.45, 2.75) is 25.7 Å². The van der Waals surface area contributed by atoms with Crippen molar-refractivity contribution >= 4 is 15.7 Å². The summed E-state index contributed by atoms with van der Waals surface area (Å²) >= 11 is 0. The average molecular weight is 297 g/mol. The Morgan fingerprint density at radius 3 is 2.45 bits per heavy atom. The fourth-order valence-corrected chi connectivity index (χ4v) is 3.12. The summed E-state index contributed by atoms with van der Waals surface area (Å²) in [7, 11) is -3.72. The molecule has 0 aliphatic heterocycles. The molecular weight excluding hydrogens is 282 g/mol. The molecule has 0 atom stereocenters. The molecule has 0 aliphatic carbocycles. The van der Waals surface area contributed by atoms with Crippen molar-refractivity contribution in [1.29, 1.82) is 0 Å². The van der Waals surface area contributed by atoms with Gasteiger partial charge < -0.3 is 4.74 Å². The Labute approximate surface area is 116 Å². The predicted molar refractivity (Wildman–Crippen MR) is 72.1 cm³/mol. The van der Waals surface area contributed by atoms with Gasteiger partial charge in [0.2, 0.25) is 0 Å². The van der Waals surface area contributed by atoms with E-state index in [1.807, 2.05) is 6.92 Å². The number of ether oxygens (including phenoxy) is 1. The van der Waals surface area contributed by atoms with Crippen LogP contribution in [0.2, 0.25) is 0 Å². The van der Waals surface area contributed by atoms with Crippen LogP contribution in [-0.4, -0.2) is 35.2 Å². The average Bonchev–Trinajstić information content (AvgIpc) is 2.72. The molecule has 20 heavy (non-hydrogen) atoms. The van der Waals surface area contributed by atoms with Gasteiger partial charge in [-0.2, -0.15) is 5.10 Å². The lowest BCUT2D eigenvalue weighted by atomic mass is 10.4. The summed E-state index contributed by atoms with van der Waals surface area (Å²) in [5.74, 6) is 0. The number of aryl methyl sites for hydroxylation is 2. The molecule has 0 saturated heterocycles. The van der Waals surface area contributed by atoms with Crippen LogP contribution in [0.3, 0.4) is 0 Å². The highest BCUT2D eigenvalue weighted by atomic mass is 32.2. The Kier molecular flexibility index (Phi) is 3.89. The van der Waals surface area contributed by atoms with E-state index >= 15 is 0 Å². The number of nitrogens with one attached hydrogen (secondary N) is 2. The Hall–Kier alpha value is -2.16. The molecular formula is C11H15N5O3S. The molecule has 108 valence electrons. The Bertz CT molecular complexity index is 674. The Morgan fingerprint density at radius 1 is 1.30 bits per heavy atom. The van der Waals surface area contributed by atoms with Crippen molar-refractivity contribution < 1.29 is 13.2 Å². The minimum Gasteiger partial charge on any atom is -0.464 e. The van der Waals surface area contributed by atoms with Crippen molar-refractivity contribution in [3.8, 4) is 6.01 Å². The summed E-state index contributed by atoms with van der Waals surface area (Å²) in [6, 6.07) is 0.200. The third-order valence-electron chi connectivity index (χ3n) is 2.48. The zero-order chi connectivity index (χ0) is 14.8. The maximum atomic E-state index is 12.3. The van der Waals surface area contributed by atoms with Crippen molar-refractivity contribution in [2.75, 3.05) is 11.3 Å². The number of anilines is 1. The molecule has 0 aliphatic rings. The smallest absolute Gasteiger partial charge is 0.316 e. The number of nitrogens with zero attached hydrogens (tertiary/aromatic N) is 3. The standard InChI is InChI=1S/C11H15N5O3S/c1-4-19-11-12-5-9(6-13-11)16-20(17,18)10-7(2)14-15-8(10)3/h5-6,16H,4H2,1-3H3,(H,14,15). The highest BCUT2D eigenvalue weighted by molar-refractivity contribution is 7.92. The van der Waals surface area contributed by atoms with Crippen LogP contribution in [0, 0.1) is 13.8 Å². The maximum absolute atomic E-state index is 12.3. The first-order valence-corrected chi connectivity index (χ1v) is 7.41. The summed E-state index contributed by atoms with van der Waals surface area (Å²) in [5, 5.41) is 6.50. The highest BCUT2D eigenvalue weighted by Crippen LogP contribution is 2.20. The molecule has 0 aromatic carbocycles. The van der Waals surface area contributed by atoms with Gasteiger partial charge in [-0.15, -0.1) is 0 Å². The first-order valence-electron chi connectivity index (χ1n) is 5.93. The minimum atomic E-state index is -3.72. The van der Waals surface area contributed by atoms with Gasteiger partial charge in [-0.25, -0.2) is 18.4 Å². The van der Waals surface area contributed by atoms with E-state index in [9.17, 15) is 8.42 Å². The van der Waals surface area contributed by atoms with E-state index in [4.69, 9.17) is 4.74 Å². The summed E-state index contributed by atoms with van der Waals surface area (Å²) < 4.78 is 32.0. The molecule has 2 heterocycles. The second-order valence-electron chi connectivity index (χ2n) is 4.06. The molecule has 0 unspecified atom stereocenters. The molecule has 9 heteroatoms. The number of aromatic amines is 1. The van der Waals surface area contributed by atoms with Crippen LogP contribution in [0.4, 0.5) is 5.69 Å². The first kappa shape index (κ1) is 14.3. The molecule has 0 bridgehead atoms. The SMILES string of the molecule is CCOc1ncc(NS(=O)(=O)c2c(C)n[nH]c2C)cn1. The van der Waals surface area contributed by atoms with Crippen molar-refractivity contribution in [3.63, 3.8) is 0 Å². The summed E-state index contributed by atoms with van der Waals surface area (Å²) in [4.78, 5) is 7.92. The van der Waals surface area contributed by atoms with E-state index in [2.05, 4.69) is 24.9 Å². The van der Waals surface area contributed by atoms with Crippen LogP contribution < -0.4 is 9.46 Å². The van der Waals surface area contributed by atoms with E-state index in [1.54, 1.807) is 13.8 Å². The fraction of sp³-hybridized carbons (Fsp3) is 0.364. The lowest BCUT2D eigenvalue weighted by Gasteiger charge is -2.08. The normalized spacial score (nSPS) is 11.3. The molecule has 0 fully saturated rings. The van der Waals surface area contributed by atoms with Gasteiger partial charge >= 0.3 is 6.01 Å². The minimum absolute atomic E-state index is 0.131. The molecule has 8 nitrogen and oxygen atoms in total. The molecule has 2 aromatic rings. The van der Waals surface area contributed by atoms with E-state index in [0.29, 0.717) is 18.0 Å². The summed E-state index contributed by atoms with van der Waals surface area (Å²) in [6.45, 7) is 5.51. The van der Waals surface area contributed by atoms with Gasteiger partial charge in [-0.1, -0.05) is 0 Å². The van der Waals surface area contributed by atoms with E-state index in [0.717, 1.165) is 0 Å². The topological polar surface area (TPSA) is 110 Å². The Balaban J connectivity index is 2.24. The quantitative estimate of drug-likeness (QED) is 0.852. The van der Waals surface area contributed by atoms with Gasteiger partial charge in [0, 0.05) is 0 Å². The lowest BCUT2D eigenvalue weighted by Crippen LogP contribution is -2.15. The maximum Gasteiger partial charge on any atom is 0.316 e. The van der Waals surface area contributed by atoms with Gasteiger partial charge in [0.25, 0.3) is 10.0 Å². The van der Waals surface area contributed by atoms with Crippen molar-refractivity contribution in [1.82, 2.24) is 20.2 Å². The first-order chi connectivity index (χ1) is 9.44. The second-order valence-corrected chi connectivity index (χ2v) is 5.68. The van der Waals surface area contributed by atoms with Gasteiger partial charge in [-0.3, -0.25) is 9.82 Å². The number of H-pyrrole nitrogens is 1. The van der Waals surface area contributed by atoms with Gasteiger partial charge in [0.05, 0.1) is 36.1 Å². The van der Waals surface area contributed by atoms with Crippen molar-refractivity contribution in [2.24, 2.45) is 0 Å². The molecule has 2 aromatic heterocycles. The monoisotopic (exact) mass is 297 g/mol. The molecule has 0 radical (unpaired) electrons. The van der Waals surface area contributed by atoms with Crippen LogP contribution in [0.15, 0.2) is 17.3 Å². The van der Waals surface area contributed by atoms with Crippen LogP contribution in [0.1, 0.15) is 18.3 Å². The Morgan fingerprint density at radius 2 is 1.95 bits per heavy atom. The van der Waals surface area contributed by atoms with Crippen LogP contribution in [-0.2, 0) is 10.0 Å². The third kappa shape index (κ3) is 2.87. The van der Waals surface area contributed by atoms with Crippen molar-refractivity contribution in [3.05, 3.63) is 23.8 Å². The molecule has 2 rings (SSSR count). The van der Waals surface area contributed by atoms with Gasteiger partial charge in [-0.05, 0) is 20.8 Å². The molecule has 2 N–H and O–H groups in total. The van der Waals surface area contributed by atoms with E-state index in [-0.39, 0.29) is 16.6 Å². The predicted octanol–water partition coefficient (Wildman–Crippen LogP) is 1.02. The number of rotatable bonds is 5. The third-order valence-corrected chi connectivity index (χ3v) is 4.13. The van der Waals surface area contributed by atoms with E-state index in [1.165, 1.54) is 12.4 Å². The number of sulfonamides is 1. The fourth-order valence-electron chi connectivity index (χ4n) is 1.72. The molecule has 0 amide bonds. The zero-order valence-electron chi connectivity index (χ0n) is 11.3. The van der Waals surface area contributed by atoms with Gasteiger partial charge in [0.1, 0.15) is 4.90 Å². The molecule has 0 saturated carbocycles. The van der Waals surface area contributed by atoms with Gasteiger partial charge in [0.15, 0.2) is 0 Å². The second kappa shape index (κ2) is 5.45. The number of hydrogen-bond donors (Lipinski definition) is 2. The zero-order valence-corrected chi connectivity index (χ0v) is 12.2. The van der Waals surface area contributed by atoms with E-state index < -0.39 is 10.0 Å². The largest absolute Gasteiger partial charge is 0.464 e. The lowest BCUT2D eigenvalue weighted by molar-refractivity contribution is 0.312.